The maximum Gasteiger partial charge on any atom is 0.340 e. The maximum atomic E-state index is 13.9. The summed E-state index contributed by atoms with van der Waals surface area (Å²) in [5, 5.41) is 0. The molecule has 118 valence electrons. The fourth-order valence-electron chi connectivity index (χ4n) is 1.74. The Morgan fingerprint density at radius 2 is 1.74 bits per heavy atom. The Balaban J connectivity index is 2.38. The number of halogens is 2. The molecule has 0 saturated heterocycles. The van der Waals surface area contributed by atoms with E-state index in [-0.39, 0.29) is 4.90 Å². The van der Waals surface area contributed by atoms with Crippen molar-refractivity contribution in [1.82, 2.24) is 0 Å². The molecule has 0 aliphatic heterocycles. The molecule has 0 aliphatic rings. The van der Waals surface area contributed by atoms with Gasteiger partial charge in [0.25, 0.3) is 10.0 Å². The van der Waals surface area contributed by atoms with Crippen LogP contribution >= 0.6 is 0 Å². The highest BCUT2D eigenvalue weighted by atomic mass is 32.2. The number of benzene rings is 2. The van der Waals surface area contributed by atoms with E-state index in [1.165, 1.54) is 24.3 Å². The van der Waals surface area contributed by atoms with Crippen LogP contribution in [0, 0.1) is 11.6 Å². The molecule has 2 rings (SSSR count). The number of rotatable bonds is 4. The molecule has 0 aliphatic carbocycles. The molecule has 0 spiro atoms. The van der Waals surface area contributed by atoms with Gasteiger partial charge in [0, 0.05) is 6.07 Å². The molecule has 0 saturated carbocycles. The van der Waals surface area contributed by atoms with Crippen LogP contribution in [0.15, 0.2) is 41.3 Å². The van der Waals surface area contributed by atoms with Crippen molar-refractivity contribution < 1.29 is 26.7 Å². The number of methoxy groups -OCH3 is 1. The lowest BCUT2D eigenvalue weighted by atomic mass is 9.97. The molecule has 1 N–H and O–H groups in total. The first-order chi connectivity index (χ1) is 10.7. The lowest BCUT2D eigenvalue weighted by molar-refractivity contribution is 0.0595. The van der Waals surface area contributed by atoms with Crippen LogP contribution in [0.5, 0.6) is 0 Å². The summed E-state index contributed by atoms with van der Waals surface area (Å²) in [6, 6.07) is 6.26. The summed E-state index contributed by atoms with van der Waals surface area (Å²) in [7, 11) is 2.33. The predicted molar refractivity (Wildman–Crippen MR) is 80.3 cm³/mol. The van der Waals surface area contributed by atoms with Gasteiger partial charge < -0.3 is 4.74 Å². The number of anilines is 1. The molecule has 0 heterocycles. The molecule has 2 aromatic carbocycles. The Morgan fingerprint density at radius 3 is 2.30 bits per heavy atom. The van der Waals surface area contributed by atoms with Crippen molar-refractivity contribution in [2.24, 2.45) is 0 Å². The number of esters is 1. The van der Waals surface area contributed by atoms with E-state index in [0.29, 0.717) is 17.6 Å². The fraction of sp³-hybridized carbons (Fsp3) is 0.0714. The summed E-state index contributed by atoms with van der Waals surface area (Å²) in [6.45, 7) is 0. The van der Waals surface area contributed by atoms with E-state index in [9.17, 15) is 22.0 Å². The fourth-order valence-corrected chi connectivity index (χ4v) is 2.80. The predicted octanol–water partition coefficient (Wildman–Crippen LogP) is 1.35. The van der Waals surface area contributed by atoms with Crippen LogP contribution in [0.2, 0.25) is 0 Å². The quantitative estimate of drug-likeness (QED) is 0.675. The molecule has 2 aromatic rings. The summed E-state index contributed by atoms with van der Waals surface area (Å²) in [5.41, 5.74) is -0.920. The standard InChI is InChI=1S/C14H10BF2NO4S/c1-22-14(19)10-6-12(17)13(7-11(10)16)18-23(20,21)9-4-2-8(15)3-5-9/h2-7,18H,1H3. The SMILES string of the molecule is [B]c1ccc(S(=O)(=O)Nc2cc(F)c(C(=O)OC)cc2F)cc1. The zero-order chi connectivity index (χ0) is 17.2. The molecule has 9 heteroatoms. The maximum absolute atomic E-state index is 13.9. The summed E-state index contributed by atoms with van der Waals surface area (Å²) < 4.78 is 58.1. The van der Waals surface area contributed by atoms with Gasteiger partial charge in [0.05, 0.1) is 23.3 Å². The van der Waals surface area contributed by atoms with E-state index in [1.54, 1.807) is 0 Å². The molecule has 0 amide bonds. The molecule has 0 fully saturated rings. The van der Waals surface area contributed by atoms with Crippen LogP contribution in [0.3, 0.4) is 0 Å². The molecule has 0 atom stereocenters. The second kappa shape index (κ2) is 6.37. The average Bonchev–Trinajstić information content (AvgIpc) is 2.50. The lowest BCUT2D eigenvalue weighted by Crippen LogP contribution is -2.16. The van der Waals surface area contributed by atoms with E-state index >= 15 is 0 Å². The Labute approximate surface area is 132 Å². The minimum absolute atomic E-state index is 0.177. The third kappa shape index (κ3) is 3.68. The van der Waals surface area contributed by atoms with Crippen LogP contribution in [-0.4, -0.2) is 29.3 Å². The topological polar surface area (TPSA) is 72.5 Å². The summed E-state index contributed by atoms with van der Waals surface area (Å²) >= 11 is 0. The first-order valence-electron chi connectivity index (χ1n) is 6.20. The summed E-state index contributed by atoms with van der Waals surface area (Å²) in [5.74, 6) is -3.31. The average molecular weight is 337 g/mol. The van der Waals surface area contributed by atoms with E-state index in [1.807, 2.05) is 4.72 Å². The molecular weight excluding hydrogens is 327 g/mol. The van der Waals surface area contributed by atoms with Gasteiger partial charge in [-0.05, 0) is 18.2 Å². The van der Waals surface area contributed by atoms with Crippen LogP contribution in [0.25, 0.3) is 0 Å². The third-order valence-corrected chi connectivity index (χ3v) is 4.28. The summed E-state index contributed by atoms with van der Waals surface area (Å²) in [6.07, 6.45) is 0. The lowest BCUT2D eigenvalue weighted by Gasteiger charge is -2.11. The second-order valence-corrected chi connectivity index (χ2v) is 6.16. The largest absolute Gasteiger partial charge is 0.465 e. The number of sulfonamides is 1. The van der Waals surface area contributed by atoms with Crippen molar-refractivity contribution in [2.75, 3.05) is 11.8 Å². The zero-order valence-corrected chi connectivity index (χ0v) is 12.7. The Morgan fingerprint density at radius 1 is 1.13 bits per heavy atom. The Kier molecular flexibility index (Phi) is 4.69. The van der Waals surface area contributed by atoms with E-state index in [4.69, 9.17) is 7.85 Å². The molecule has 2 radical (unpaired) electrons. The van der Waals surface area contributed by atoms with Gasteiger partial charge in [0.15, 0.2) is 0 Å². The number of carbonyl (C=O) groups excluding carboxylic acids is 1. The van der Waals surface area contributed by atoms with Crippen LogP contribution in [0.4, 0.5) is 14.5 Å². The van der Waals surface area contributed by atoms with Crippen molar-refractivity contribution in [3.05, 3.63) is 53.6 Å². The van der Waals surface area contributed by atoms with Crippen LogP contribution in [0.1, 0.15) is 10.4 Å². The van der Waals surface area contributed by atoms with Gasteiger partial charge in [-0.2, -0.15) is 0 Å². The van der Waals surface area contributed by atoms with Crippen molar-refractivity contribution in [3.63, 3.8) is 0 Å². The monoisotopic (exact) mass is 337 g/mol. The van der Waals surface area contributed by atoms with E-state index < -0.39 is 38.9 Å². The molecule has 23 heavy (non-hydrogen) atoms. The van der Waals surface area contributed by atoms with Gasteiger partial charge in [0.1, 0.15) is 19.5 Å². The van der Waals surface area contributed by atoms with Crippen molar-refractivity contribution in [3.8, 4) is 0 Å². The number of hydrogen-bond acceptors (Lipinski definition) is 4. The van der Waals surface area contributed by atoms with Gasteiger partial charge in [-0.1, -0.05) is 17.6 Å². The first kappa shape index (κ1) is 16.9. The number of carbonyl (C=O) groups is 1. The van der Waals surface area contributed by atoms with Crippen molar-refractivity contribution in [1.29, 1.82) is 0 Å². The number of ether oxygens (including phenoxy) is 1. The number of hydrogen-bond donors (Lipinski definition) is 1. The third-order valence-electron chi connectivity index (χ3n) is 2.90. The highest BCUT2D eigenvalue weighted by Gasteiger charge is 2.20. The minimum atomic E-state index is -4.14. The molecule has 5 nitrogen and oxygen atoms in total. The molecule has 0 aromatic heterocycles. The van der Waals surface area contributed by atoms with Gasteiger partial charge in [0.2, 0.25) is 0 Å². The van der Waals surface area contributed by atoms with Crippen LogP contribution < -0.4 is 10.2 Å². The Bertz CT molecular complexity index is 854. The smallest absolute Gasteiger partial charge is 0.340 e. The van der Waals surface area contributed by atoms with Crippen molar-refractivity contribution in [2.45, 2.75) is 4.90 Å². The number of nitrogens with one attached hydrogen (secondary N) is 1. The van der Waals surface area contributed by atoms with Gasteiger partial charge in [-0.25, -0.2) is 22.0 Å². The summed E-state index contributed by atoms with van der Waals surface area (Å²) in [4.78, 5) is 11.1. The van der Waals surface area contributed by atoms with E-state index in [2.05, 4.69) is 4.74 Å². The van der Waals surface area contributed by atoms with Gasteiger partial charge in [-0.3, -0.25) is 4.72 Å². The van der Waals surface area contributed by atoms with Gasteiger partial charge in [-0.15, -0.1) is 0 Å². The minimum Gasteiger partial charge on any atom is -0.465 e. The molecule has 0 bridgehead atoms. The van der Waals surface area contributed by atoms with E-state index in [0.717, 1.165) is 7.11 Å². The molecule has 0 unspecified atom stereocenters. The van der Waals surface area contributed by atoms with Gasteiger partial charge >= 0.3 is 5.97 Å². The Hall–Kier alpha value is -2.42. The molecular formula is C14H10BF2NO4S. The highest BCUT2D eigenvalue weighted by Crippen LogP contribution is 2.23. The highest BCUT2D eigenvalue weighted by molar-refractivity contribution is 7.92. The zero-order valence-electron chi connectivity index (χ0n) is 11.8. The van der Waals surface area contributed by atoms with Crippen LogP contribution in [-0.2, 0) is 14.8 Å². The normalized spacial score (nSPS) is 11.1. The van der Waals surface area contributed by atoms with Crippen molar-refractivity contribution >= 4 is 35.0 Å². The second-order valence-electron chi connectivity index (χ2n) is 4.48. The first-order valence-corrected chi connectivity index (χ1v) is 7.68.